The molecule has 64 valence electrons. The summed E-state index contributed by atoms with van der Waals surface area (Å²) >= 11 is 0. The van der Waals surface area contributed by atoms with E-state index in [0.29, 0.717) is 26.1 Å². The molecule has 1 rings (SSSR count). The minimum absolute atomic E-state index is 0.414. The molecule has 1 heterocycles. The standard InChI is InChI=1S/C7H14N2O2/c8-6(10)7(9)2-1-4-11-5-3-7/h1-5,9H2,(H2,8,10). The second-order valence-electron chi connectivity index (χ2n) is 2.99. The van der Waals surface area contributed by atoms with Gasteiger partial charge in [0.2, 0.25) is 5.91 Å². The van der Waals surface area contributed by atoms with Gasteiger partial charge in [-0.05, 0) is 19.3 Å². The van der Waals surface area contributed by atoms with E-state index in [0.717, 1.165) is 6.42 Å². The summed E-state index contributed by atoms with van der Waals surface area (Å²) < 4.78 is 5.15. The van der Waals surface area contributed by atoms with E-state index in [1.54, 1.807) is 0 Å². The van der Waals surface area contributed by atoms with Gasteiger partial charge >= 0.3 is 0 Å². The van der Waals surface area contributed by atoms with E-state index in [-0.39, 0.29) is 0 Å². The molecule has 0 aromatic rings. The Hall–Kier alpha value is -0.610. The summed E-state index contributed by atoms with van der Waals surface area (Å²) in [5, 5.41) is 0. The Morgan fingerprint density at radius 1 is 1.36 bits per heavy atom. The molecule has 11 heavy (non-hydrogen) atoms. The average molecular weight is 158 g/mol. The molecule has 0 aromatic heterocycles. The van der Waals surface area contributed by atoms with E-state index in [9.17, 15) is 4.79 Å². The number of ether oxygens (including phenoxy) is 1. The Bertz CT molecular complexity index is 151. The quantitative estimate of drug-likeness (QED) is 0.533. The van der Waals surface area contributed by atoms with Gasteiger partial charge in [0.1, 0.15) is 0 Å². The van der Waals surface area contributed by atoms with Crippen molar-refractivity contribution in [1.82, 2.24) is 0 Å². The molecule has 1 atom stereocenters. The maximum absolute atomic E-state index is 10.9. The maximum atomic E-state index is 10.9. The third-order valence-electron chi connectivity index (χ3n) is 2.09. The topological polar surface area (TPSA) is 78.3 Å². The summed E-state index contributed by atoms with van der Waals surface area (Å²) in [5.74, 6) is -0.414. The molecule has 1 unspecified atom stereocenters. The van der Waals surface area contributed by atoms with Crippen LogP contribution in [0.2, 0.25) is 0 Å². The maximum Gasteiger partial charge on any atom is 0.237 e. The van der Waals surface area contributed by atoms with Crippen molar-refractivity contribution in [3.8, 4) is 0 Å². The van der Waals surface area contributed by atoms with Gasteiger partial charge in [-0.3, -0.25) is 4.79 Å². The van der Waals surface area contributed by atoms with E-state index in [2.05, 4.69) is 0 Å². The van der Waals surface area contributed by atoms with E-state index in [1.165, 1.54) is 0 Å². The first-order chi connectivity index (χ1) is 5.15. The minimum atomic E-state index is -0.823. The number of amides is 1. The highest BCUT2D eigenvalue weighted by Gasteiger charge is 2.32. The molecule has 4 N–H and O–H groups in total. The van der Waals surface area contributed by atoms with E-state index in [1.807, 2.05) is 0 Å². The molecular weight excluding hydrogens is 144 g/mol. The van der Waals surface area contributed by atoms with Crippen LogP contribution in [0.15, 0.2) is 0 Å². The van der Waals surface area contributed by atoms with Gasteiger partial charge in [-0.15, -0.1) is 0 Å². The van der Waals surface area contributed by atoms with E-state index < -0.39 is 11.4 Å². The molecule has 4 nitrogen and oxygen atoms in total. The smallest absolute Gasteiger partial charge is 0.237 e. The van der Waals surface area contributed by atoms with Gasteiger partial charge < -0.3 is 16.2 Å². The molecule has 0 aromatic carbocycles. The first-order valence-corrected chi connectivity index (χ1v) is 3.82. The summed E-state index contributed by atoms with van der Waals surface area (Å²) in [6.45, 7) is 1.23. The van der Waals surface area contributed by atoms with Crippen molar-refractivity contribution >= 4 is 5.91 Å². The van der Waals surface area contributed by atoms with Crippen LogP contribution in [0.3, 0.4) is 0 Å². The number of nitrogens with two attached hydrogens (primary N) is 2. The normalized spacial score (nSPS) is 32.8. The number of hydrogen-bond acceptors (Lipinski definition) is 3. The van der Waals surface area contributed by atoms with Crippen LogP contribution in [0.1, 0.15) is 19.3 Å². The highest BCUT2D eigenvalue weighted by molar-refractivity contribution is 5.84. The van der Waals surface area contributed by atoms with Crippen LogP contribution in [0, 0.1) is 0 Å². The molecule has 1 saturated heterocycles. The second-order valence-corrected chi connectivity index (χ2v) is 2.99. The Kier molecular flexibility index (Phi) is 2.46. The van der Waals surface area contributed by atoms with E-state index >= 15 is 0 Å². The lowest BCUT2D eigenvalue weighted by atomic mass is 9.91. The highest BCUT2D eigenvalue weighted by Crippen LogP contribution is 2.17. The number of hydrogen-bond donors (Lipinski definition) is 2. The average Bonchev–Trinajstić information content (AvgIpc) is 2.15. The number of carbonyl (C=O) groups is 1. The van der Waals surface area contributed by atoms with Crippen molar-refractivity contribution in [2.45, 2.75) is 24.8 Å². The van der Waals surface area contributed by atoms with Crippen molar-refractivity contribution in [2.24, 2.45) is 11.5 Å². The Morgan fingerprint density at radius 2 is 2.09 bits per heavy atom. The summed E-state index contributed by atoms with van der Waals surface area (Å²) in [5.41, 5.74) is 10.1. The van der Waals surface area contributed by atoms with Crippen molar-refractivity contribution in [3.63, 3.8) is 0 Å². The Balaban J connectivity index is 2.59. The van der Waals surface area contributed by atoms with Gasteiger partial charge in [0.05, 0.1) is 5.54 Å². The van der Waals surface area contributed by atoms with Gasteiger partial charge in [-0.25, -0.2) is 0 Å². The lowest BCUT2D eigenvalue weighted by Gasteiger charge is -2.22. The Morgan fingerprint density at radius 3 is 2.73 bits per heavy atom. The fourth-order valence-electron chi connectivity index (χ4n) is 1.22. The summed E-state index contributed by atoms with van der Waals surface area (Å²) in [6, 6.07) is 0. The molecule has 1 fully saturated rings. The van der Waals surface area contributed by atoms with Gasteiger partial charge in [-0.2, -0.15) is 0 Å². The fourth-order valence-corrected chi connectivity index (χ4v) is 1.22. The largest absolute Gasteiger partial charge is 0.381 e. The molecule has 1 amide bonds. The van der Waals surface area contributed by atoms with E-state index in [4.69, 9.17) is 16.2 Å². The first kappa shape index (κ1) is 8.49. The molecule has 0 aliphatic carbocycles. The number of rotatable bonds is 1. The van der Waals surface area contributed by atoms with Crippen molar-refractivity contribution in [1.29, 1.82) is 0 Å². The highest BCUT2D eigenvalue weighted by atomic mass is 16.5. The SMILES string of the molecule is NC(=O)C1(N)CCCOCC1. The van der Waals surface area contributed by atoms with Crippen LogP contribution in [0.5, 0.6) is 0 Å². The number of carbonyl (C=O) groups excluding carboxylic acids is 1. The van der Waals surface area contributed by atoms with Crippen molar-refractivity contribution in [3.05, 3.63) is 0 Å². The predicted molar refractivity (Wildman–Crippen MR) is 40.8 cm³/mol. The summed E-state index contributed by atoms with van der Waals surface area (Å²) in [4.78, 5) is 10.9. The fraction of sp³-hybridized carbons (Fsp3) is 0.857. The van der Waals surface area contributed by atoms with Crippen molar-refractivity contribution < 1.29 is 9.53 Å². The monoisotopic (exact) mass is 158 g/mol. The lowest BCUT2D eigenvalue weighted by Crippen LogP contribution is -2.52. The predicted octanol–water partition coefficient (Wildman–Crippen LogP) is -0.630. The van der Waals surface area contributed by atoms with Crippen molar-refractivity contribution in [2.75, 3.05) is 13.2 Å². The molecule has 0 saturated carbocycles. The van der Waals surface area contributed by atoms with Gasteiger partial charge in [-0.1, -0.05) is 0 Å². The third kappa shape index (κ3) is 1.91. The van der Waals surface area contributed by atoms with Crippen LogP contribution < -0.4 is 11.5 Å². The molecule has 1 aliphatic heterocycles. The van der Waals surface area contributed by atoms with Crippen LogP contribution >= 0.6 is 0 Å². The third-order valence-corrected chi connectivity index (χ3v) is 2.09. The van der Waals surface area contributed by atoms with Crippen LogP contribution in [-0.4, -0.2) is 24.7 Å². The van der Waals surface area contributed by atoms with Crippen LogP contribution in [0.4, 0.5) is 0 Å². The molecule has 1 aliphatic rings. The minimum Gasteiger partial charge on any atom is -0.381 e. The Labute approximate surface area is 65.9 Å². The molecule has 4 heteroatoms. The van der Waals surface area contributed by atoms with Gasteiger partial charge in [0.25, 0.3) is 0 Å². The van der Waals surface area contributed by atoms with Gasteiger partial charge in [0.15, 0.2) is 0 Å². The molecule has 0 bridgehead atoms. The summed E-state index contributed by atoms with van der Waals surface area (Å²) in [6.07, 6.45) is 2.00. The molecular formula is C7H14N2O2. The molecule has 0 radical (unpaired) electrons. The lowest BCUT2D eigenvalue weighted by molar-refractivity contribution is -0.123. The second kappa shape index (κ2) is 3.19. The summed E-state index contributed by atoms with van der Waals surface area (Å²) in [7, 11) is 0. The van der Waals surface area contributed by atoms with Gasteiger partial charge in [0, 0.05) is 13.2 Å². The van der Waals surface area contributed by atoms with Crippen LogP contribution in [0.25, 0.3) is 0 Å². The zero-order valence-corrected chi connectivity index (χ0v) is 6.51. The first-order valence-electron chi connectivity index (χ1n) is 3.82. The molecule has 0 spiro atoms. The zero-order chi connectivity index (χ0) is 8.32. The number of primary amides is 1. The van der Waals surface area contributed by atoms with Crippen LogP contribution in [-0.2, 0) is 9.53 Å². The zero-order valence-electron chi connectivity index (χ0n) is 6.51.